The zero-order chi connectivity index (χ0) is 17.0. The van der Waals surface area contributed by atoms with Crippen LogP contribution >= 0.6 is 0 Å². The zero-order valence-electron chi connectivity index (χ0n) is 13.2. The minimum atomic E-state index is -1.02. The van der Waals surface area contributed by atoms with Gasteiger partial charge in [-0.25, -0.2) is 0 Å². The van der Waals surface area contributed by atoms with Crippen molar-refractivity contribution in [1.29, 1.82) is 0 Å². The molecular formula is C21H18O3. The quantitative estimate of drug-likeness (QED) is 0.833. The molecule has 1 unspecified atom stereocenters. The van der Waals surface area contributed by atoms with Crippen molar-refractivity contribution in [3.05, 3.63) is 90.0 Å². The second-order valence-electron chi connectivity index (χ2n) is 5.98. The van der Waals surface area contributed by atoms with Gasteiger partial charge in [-0.1, -0.05) is 78.9 Å². The number of hydrogen-bond acceptors (Lipinski definition) is 2. The molecule has 3 nitrogen and oxygen atoms in total. The van der Waals surface area contributed by atoms with E-state index in [0.29, 0.717) is 12.0 Å². The molecule has 1 atom stereocenters. The molecule has 1 aliphatic carbocycles. The maximum Gasteiger partial charge on any atom is 0.304 e. The average Bonchev–Trinajstić information content (AvgIpc) is 2.62. The van der Waals surface area contributed by atoms with Gasteiger partial charge in [0.05, 0.1) is 11.8 Å². The number of rotatable bonds is 5. The van der Waals surface area contributed by atoms with Gasteiger partial charge < -0.3 is 5.11 Å². The first-order valence-corrected chi connectivity index (χ1v) is 7.87. The lowest BCUT2D eigenvalue weighted by Gasteiger charge is -2.29. The summed E-state index contributed by atoms with van der Waals surface area (Å²) in [5.41, 5.74) is 1.59. The van der Waals surface area contributed by atoms with Crippen LogP contribution in [0.25, 0.3) is 5.57 Å². The fourth-order valence-electron chi connectivity index (χ4n) is 3.05. The molecule has 3 heteroatoms. The van der Waals surface area contributed by atoms with Gasteiger partial charge in [0.1, 0.15) is 0 Å². The summed E-state index contributed by atoms with van der Waals surface area (Å²) in [6.45, 7) is 0. The Morgan fingerprint density at radius 2 is 1.58 bits per heavy atom. The van der Waals surface area contributed by atoms with Crippen LogP contribution in [-0.2, 0) is 4.79 Å². The molecule has 0 saturated heterocycles. The lowest BCUT2D eigenvalue weighted by atomic mass is 9.71. The number of carboxylic acids is 1. The third-order valence-corrected chi connectivity index (χ3v) is 4.33. The van der Waals surface area contributed by atoms with Gasteiger partial charge in [-0.15, -0.1) is 0 Å². The Morgan fingerprint density at radius 1 is 0.958 bits per heavy atom. The Kier molecular flexibility index (Phi) is 4.43. The molecule has 24 heavy (non-hydrogen) atoms. The number of carbonyl (C=O) groups is 2. The van der Waals surface area contributed by atoms with Crippen molar-refractivity contribution in [3.8, 4) is 0 Å². The number of benzene rings is 2. The molecule has 2 aromatic rings. The van der Waals surface area contributed by atoms with Crippen LogP contribution < -0.4 is 0 Å². The molecule has 0 bridgehead atoms. The van der Waals surface area contributed by atoms with Gasteiger partial charge in [0.15, 0.2) is 5.78 Å². The van der Waals surface area contributed by atoms with Crippen LogP contribution in [0.3, 0.4) is 0 Å². The zero-order valence-corrected chi connectivity index (χ0v) is 13.2. The predicted molar refractivity (Wildman–Crippen MR) is 93.6 cm³/mol. The fraction of sp³-hybridized carbons (Fsp3) is 0.143. The maximum atomic E-state index is 13.0. The van der Waals surface area contributed by atoms with E-state index in [1.807, 2.05) is 48.6 Å². The Bertz CT molecular complexity index is 803. The summed E-state index contributed by atoms with van der Waals surface area (Å²) < 4.78 is 0. The van der Waals surface area contributed by atoms with Crippen molar-refractivity contribution >= 4 is 17.3 Å². The van der Waals surface area contributed by atoms with Gasteiger partial charge >= 0.3 is 5.97 Å². The van der Waals surface area contributed by atoms with Crippen molar-refractivity contribution in [2.45, 2.75) is 12.8 Å². The third-order valence-electron chi connectivity index (χ3n) is 4.33. The van der Waals surface area contributed by atoms with Crippen LogP contribution in [0.4, 0.5) is 0 Å². The molecule has 1 N–H and O–H groups in total. The van der Waals surface area contributed by atoms with E-state index in [1.54, 1.807) is 30.3 Å². The summed E-state index contributed by atoms with van der Waals surface area (Å²) in [4.78, 5) is 24.3. The Morgan fingerprint density at radius 3 is 2.12 bits per heavy atom. The number of carboxylic acid groups (broad SMARTS) is 1. The highest BCUT2D eigenvalue weighted by molar-refractivity contribution is 6.04. The van der Waals surface area contributed by atoms with Gasteiger partial charge in [0.2, 0.25) is 0 Å². The molecule has 0 aromatic heterocycles. The van der Waals surface area contributed by atoms with E-state index in [0.717, 1.165) is 11.1 Å². The molecule has 0 heterocycles. The molecule has 1 aliphatic rings. The number of aliphatic carboxylic acids is 1. The first-order chi connectivity index (χ1) is 11.6. The number of carbonyl (C=O) groups excluding carboxylic acids is 1. The standard InChI is InChI=1S/C21H18O3/c22-19(23)15-21(20(24)18-9-5-2-6-10-18)13-11-17(12-14-21)16-7-3-1-4-8-16/h1-13H,14-15H2,(H,22,23). The summed E-state index contributed by atoms with van der Waals surface area (Å²) in [7, 11) is 0. The van der Waals surface area contributed by atoms with Crippen molar-refractivity contribution in [1.82, 2.24) is 0 Å². The number of hydrogen-bond donors (Lipinski definition) is 1. The summed E-state index contributed by atoms with van der Waals surface area (Å²) >= 11 is 0. The maximum absolute atomic E-state index is 13.0. The minimum absolute atomic E-state index is 0.148. The third kappa shape index (κ3) is 3.20. The van der Waals surface area contributed by atoms with Crippen LogP contribution in [0.15, 0.2) is 78.9 Å². The van der Waals surface area contributed by atoms with E-state index in [1.165, 1.54) is 0 Å². The van der Waals surface area contributed by atoms with E-state index in [2.05, 4.69) is 0 Å². The topological polar surface area (TPSA) is 54.4 Å². The van der Waals surface area contributed by atoms with E-state index < -0.39 is 11.4 Å². The lowest BCUT2D eigenvalue weighted by Crippen LogP contribution is -2.32. The van der Waals surface area contributed by atoms with Crippen LogP contribution in [-0.4, -0.2) is 16.9 Å². The van der Waals surface area contributed by atoms with Crippen LogP contribution in [0, 0.1) is 5.41 Å². The fourth-order valence-corrected chi connectivity index (χ4v) is 3.05. The molecule has 0 aliphatic heterocycles. The number of ketones is 1. The van der Waals surface area contributed by atoms with E-state index in [9.17, 15) is 14.7 Å². The SMILES string of the molecule is O=C(O)CC1(C(=O)c2ccccc2)C=CC(c2ccccc2)=CC1. The second-order valence-corrected chi connectivity index (χ2v) is 5.98. The van der Waals surface area contributed by atoms with E-state index in [4.69, 9.17) is 0 Å². The molecule has 0 fully saturated rings. The van der Waals surface area contributed by atoms with Crippen LogP contribution in [0.5, 0.6) is 0 Å². The van der Waals surface area contributed by atoms with Gasteiger partial charge in [-0.3, -0.25) is 9.59 Å². The van der Waals surface area contributed by atoms with E-state index >= 15 is 0 Å². The molecule has 0 spiro atoms. The number of allylic oxidation sites excluding steroid dienone is 4. The van der Waals surface area contributed by atoms with Crippen molar-refractivity contribution in [2.24, 2.45) is 5.41 Å². The lowest BCUT2D eigenvalue weighted by molar-refractivity contribution is -0.138. The van der Waals surface area contributed by atoms with Gasteiger partial charge in [-0.05, 0) is 17.6 Å². The normalized spacial score (nSPS) is 19.6. The molecule has 0 radical (unpaired) electrons. The molecule has 0 amide bonds. The molecule has 3 rings (SSSR count). The summed E-state index contributed by atoms with van der Waals surface area (Å²) in [6.07, 6.45) is 5.75. The number of Topliss-reactive ketones (excluding diaryl/α,β-unsaturated/α-hetero) is 1. The summed E-state index contributed by atoms with van der Waals surface area (Å²) in [5.74, 6) is -1.12. The first-order valence-electron chi connectivity index (χ1n) is 7.87. The first kappa shape index (κ1) is 15.9. The molecule has 2 aromatic carbocycles. The molecule has 0 saturated carbocycles. The Labute approximate surface area is 141 Å². The average molecular weight is 318 g/mol. The highest BCUT2D eigenvalue weighted by atomic mass is 16.4. The van der Waals surface area contributed by atoms with Crippen molar-refractivity contribution in [3.63, 3.8) is 0 Å². The van der Waals surface area contributed by atoms with Gasteiger partial charge in [0, 0.05) is 5.56 Å². The predicted octanol–water partition coefficient (Wildman–Crippen LogP) is 4.37. The van der Waals surface area contributed by atoms with Gasteiger partial charge in [-0.2, -0.15) is 0 Å². The Hall–Kier alpha value is -2.94. The highest BCUT2D eigenvalue weighted by Gasteiger charge is 2.39. The van der Waals surface area contributed by atoms with Crippen LogP contribution in [0.2, 0.25) is 0 Å². The van der Waals surface area contributed by atoms with Crippen molar-refractivity contribution < 1.29 is 14.7 Å². The smallest absolute Gasteiger partial charge is 0.304 e. The second kappa shape index (κ2) is 6.67. The van der Waals surface area contributed by atoms with Crippen LogP contribution in [0.1, 0.15) is 28.8 Å². The monoisotopic (exact) mass is 318 g/mol. The largest absolute Gasteiger partial charge is 0.481 e. The van der Waals surface area contributed by atoms with Crippen molar-refractivity contribution in [2.75, 3.05) is 0 Å². The Balaban J connectivity index is 1.93. The summed E-state index contributed by atoms with van der Waals surface area (Å²) in [5, 5.41) is 9.30. The van der Waals surface area contributed by atoms with E-state index in [-0.39, 0.29) is 12.2 Å². The summed E-state index contributed by atoms with van der Waals surface area (Å²) in [6, 6.07) is 18.7. The molecule has 120 valence electrons. The van der Waals surface area contributed by atoms with Gasteiger partial charge in [0.25, 0.3) is 0 Å². The minimum Gasteiger partial charge on any atom is -0.481 e. The molecular weight excluding hydrogens is 300 g/mol. The highest BCUT2D eigenvalue weighted by Crippen LogP contribution is 2.39.